The van der Waals surface area contributed by atoms with Crippen LogP contribution in [0.25, 0.3) is 0 Å². The number of ether oxygens (including phenoxy) is 1. The predicted molar refractivity (Wildman–Crippen MR) is 96.1 cm³/mol. The Kier molecular flexibility index (Phi) is 5.75. The topological polar surface area (TPSA) is 42.4 Å². The number of aromatic nitrogens is 1. The van der Waals surface area contributed by atoms with Crippen molar-refractivity contribution in [2.75, 3.05) is 12.4 Å². The van der Waals surface area contributed by atoms with Crippen molar-refractivity contribution < 1.29 is 9.53 Å². The first-order valence-electron chi connectivity index (χ1n) is 8.30. The third-order valence-corrected chi connectivity index (χ3v) is 4.90. The van der Waals surface area contributed by atoms with Crippen LogP contribution in [0.3, 0.4) is 0 Å². The molecule has 0 saturated heterocycles. The normalized spacial score (nSPS) is 13.5. The largest absolute Gasteiger partial charge is 0.494 e. The van der Waals surface area contributed by atoms with E-state index in [1.807, 2.05) is 48.2 Å². The van der Waals surface area contributed by atoms with E-state index in [1.54, 1.807) is 24.2 Å². The van der Waals surface area contributed by atoms with Crippen molar-refractivity contribution in [1.82, 2.24) is 9.88 Å². The quantitative estimate of drug-likeness (QED) is 0.685. The molecule has 3 rings (SSSR count). The van der Waals surface area contributed by atoms with Crippen LogP contribution in [0.4, 0.5) is 0 Å². The number of nitrogens with zero attached hydrogens (tertiary/aromatic N) is 2. The fourth-order valence-corrected chi connectivity index (χ4v) is 3.30. The second-order valence-corrected chi connectivity index (χ2v) is 6.85. The van der Waals surface area contributed by atoms with Crippen LogP contribution in [0, 0.1) is 0 Å². The number of rotatable bonds is 8. The molecule has 1 amide bonds. The zero-order chi connectivity index (χ0) is 16.8. The van der Waals surface area contributed by atoms with Gasteiger partial charge in [0.05, 0.1) is 12.4 Å². The molecule has 5 heteroatoms. The van der Waals surface area contributed by atoms with Gasteiger partial charge in [-0.15, -0.1) is 11.8 Å². The second kappa shape index (κ2) is 8.20. The highest BCUT2D eigenvalue weighted by Crippen LogP contribution is 2.30. The molecule has 0 atom stereocenters. The zero-order valence-corrected chi connectivity index (χ0v) is 14.7. The van der Waals surface area contributed by atoms with E-state index in [0.29, 0.717) is 24.9 Å². The van der Waals surface area contributed by atoms with Crippen LogP contribution in [0.2, 0.25) is 0 Å². The molecule has 4 nitrogen and oxygen atoms in total. The van der Waals surface area contributed by atoms with E-state index in [-0.39, 0.29) is 5.91 Å². The van der Waals surface area contributed by atoms with Crippen molar-refractivity contribution in [2.24, 2.45) is 0 Å². The lowest BCUT2D eigenvalue weighted by atomic mass is 10.2. The van der Waals surface area contributed by atoms with Gasteiger partial charge in [0, 0.05) is 29.9 Å². The molecule has 1 heterocycles. The average molecular weight is 342 g/mol. The van der Waals surface area contributed by atoms with Crippen LogP contribution in [0.5, 0.6) is 5.75 Å². The van der Waals surface area contributed by atoms with E-state index in [0.717, 1.165) is 29.1 Å². The monoisotopic (exact) mass is 342 g/mol. The lowest BCUT2D eigenvalue weighted by molar-refractivity contribution is -0.129. The van der Waals surface area contributed by atoms with Gasteiger partial charge in [0.1, 0.15) is 5.75 Å². The molecule has 0 N–H and O–H groups in total. The van der Waals surface area contributed by atoms with Gasteiger partial charge in [0.15, 0.2) is 0 Å². The summed E-state index contributed by atoms with van der Waals surface area (Å²) in [7, 11) is 0. The van der Waals surface area contributed by atoms with Crippen LogP contribution < -0.4 is 4.74 Å². The third-order valence-electron chi connectivity index (χ3n) is 3.91. The standard InChI is InChI=1S/C19H22N2O2S/c1-2-23-17-5-7-18(8-6-17)24-14-19(22)21(16-3-4-16)13-15-9-11-20-12-10-15/h5-12,16H,2-4,13-14H2,1H3. The van der Waals surface area contributed by atoms with E-state index in [9.17, 15) is 4.79 Å². The van der Waals surface area contributed by atoms with Crippen LogP contribution in [-0.2, 0) is 11.3 Å². The van der Waals surface area contributed by atoms with E-state index < -0.39 is 0 Å². The van der Waals surface area contributed by atoms with Gasteiger partial charge in [-0.2, -0.15) is 0 Å². The molecule has 1 aliphatic rings. The molecule has 0 bridgehead atoms. The second-order valence-electron chi connectivity index (χ2n) is 5.80. The summed E-state index contributed by atoms with van der Waals surface area (Å²) >= 11 is 1.58. The smallest absolute Gasteiger partial charge is 0.233 e. The third kappa shape index (κ3) is 4.74. The number of benzene rings is 1. The minimum atomic E-state index is 0.202. The number of pyridine rings is 1. The van der Waals surface area contributed by atoms with Gasteiger partial charge in [-0.05, 0) is 61.7 Å². The van der Waals surface area contributed by atoms with Gasteiger partial charge in [-0.25, -0.2) is 0 Å². The van der Waals surface area contributed by atoms with Gasteiger partial charge in [-0.1, -0.05) is 0 Å². The van der Waals surface area contributed by atoms with Crippen molar-refractivity contribution in [1.29, 1.82) is 0 Å². The number of hydrogen-bond acceptors (Lipinski definition) is 4. The molecule has 0 radical (unpaired) electrons. The van der Waals surface area contributed by atoms with E-state index >= 15 is 0 Å². The molecule has 1 aromatic carbocycles. The molecule has 1 saturated carbocycles. The minimum Gasteiger partial charge on any atom is -0.494 e. The first-order valence-corrected chi connectivity index (χ1v) is 9.29. The van der Waals surface area contributed by atoms with Crippen molar-refractivity contribution >= 4 is 17.7 Å². The van der Waals surface area contributed by atoms with Crippen molar-refractivity contribution in [2.45, 2.75) is 37.2 Å². The van der Waals surface area contributed by atoms with Crippen LogP contribution >= 0.6 is 11.8 Å². The van der Waals surface area contributed by atoms with E-state index in [2.05, 4.69) is 4.98 Å². The maximum Gasteiger partial charge on any atom is 0.233 e. The van der Waals surface area contributed by atoms with Gasteiger partial charge < -0.3 is 9.64 Å². The maximum atomic E-state index is 12.6. The molecule has 1 aliphatic carbocycles. The molecule has 0 unspecified atom stereocenters. The molecule has 2 aromatic rings. The summed E-state index contributed by atoms with van der Waals surface area (Å²) in [5.74, 6) is 1.54. The molecule has 0 spiro atoms. The fourth-order valence-electron chi connectivity index (χ4n) is 2.52. The molecule has 126 valence electrons. The Bertz CT molecular complexity index is 657. The van der Waals surface area contributed by atoms with Gasteiger partial charge in [0.2, 0.25) is 5.91 Å². The highest BCUT2D eigenvalue weighted by atomic mass is 32.2. The summed E-state index contributed by atoms with van der Waals surface area (Å²) in [6.07, 6.45) is 5.79. The Labute approximate surface area is 147 Å². The number of amides is 1. The first-order chi connectivity index (χ1) is 11.8. The van der Waals surface area contributed by atoms with Gasteiger partial charge in [-0.3, -0.25) is 9.78 Å². The predicted octanol–water partition coefficient (Wildman–Crippen LogP) is 3.76. The summed E-state index contributed by atoms with van der Waals surface area (Å²) in [6, 6.07) is 12.3. The lowest BCUT2D eigenvalue weighted by Crippen LogP contribution is -2.33. The lowest BCUT2D eigenvalue weighted by Gasteiger charge is -2.22. The minimum absolute atomic E-state index is 0.202. The number of thioether (sulfide) groups is 1. The molecule has 1 fully saturated rings. The van der Waals surface area contributed by atoms with Crippen molar-refractivity contribution in [3.8, 4) is 5.75 Å². The summed E-state index contributed by atoms with van der Waals surface area (Å²) in [5, 5.41) is 0. The maximum absolute atomic E-state index is 12.6. The number of hydrogen-bond donors (Lipinski definition) is 0. The Morgan fingerprint density at radius 1 is 1.21 bits per heavy atom. The SMILES string of the molecule is CCOc1ccc(SCC(=O)N(Cc2ccncc2)C2CC2)cc1. The summed E-state index contributed by atoms with van der Waals surface area (Å²) in [6.45, 7) is 3.31. The molecule has 0 aliphatic heterocycles. The van der Waals surface area contributed by atoms with Gasteiger partial charge >= 0.3 is 0 Å². The van der Waals surface area contributed by atoms with Crippen molar-refractivity contribution in [3.05, 3.63) is 54.4 Å². The van der Waals surface area contributed by atoms with E-state index in [4.69, 9.17) is 4.74 Å². The summed E-state index contributed by atoms with van der Waals surface area (Å²) < 4.78 is 5.44. The molecular weight excluding hydrogens is 320 g/mol. The fraction of sp³-hybridized carbons (Fsp3) is 0.368. The molecule has 1 aromatic heterocycles. The van der Waals surface area contributed by atoms with Crippen LogP contribution in [0.1, 0.15) is 25.3 Å². The van der Waals surface area contributed by atoms with Crippen molar-refractivity contribution in [3.63, 3.8) is 0 Å². The highest BCUT2D eigenvalue weighted by Gasteiger charge is 2.32. The number of carbonyl (C=O) groups is 1. The summed E-state index contributed by atoms with van der Waals surface area (Å²) in [4.78, 5) is 19.8. The Balaban J connectivity index is 1.55. The molecule has 24 heavy (non-hydrogen) atoms. The zero-order valence-electron chi connectivity index (χ0n) is 13.9. The van der Waals surface area contributed by atoms with Gasteiger partial charge in [0.25, 0.3) is 0 Å². The highest BCUT2D eigenvalue weighted by molar-refractivity contribution is 8.00. The first kappa shape index (κ1) is 16.8. The van der Waals surface area contributed by atoms with Crippen LogP contribution in [0.15, 0.2) is 53.7 Å². The Morgan fingerprint density at radius 2 is 1.92 bits per heavy atom. The molecular formula is C19H22N2O2S. The number of carbonyl (C=O) groups excluding carboxylic acids is 1. The average Bonchev–Trinajstić information content (AvgIpc) is 3.45. The van der Waals surface area contributed by atoms with Crippen LogP contribution in [-0.4, -0.2) is 34.2 Å². The Morgan fingerprint density at radius 3 is 2.54 bits per heavy atom. The summed E-state index contributed by atoms with van der Waals surface area (Å²) in [5.41, 5.74) is 1.14. The Hall–Kier alpha value is -2.01. The van der Waals surface area contributed by atoms with E-state index in [1.165, 1.54) is 0 Å².